The largest absolute Gasteiger partial charge is 0.341 e. The topological polar surface area (TPSA) is 44.4 Å². The van der Waals surface area contributed by atoms with Gasteiger partial charge in [-0.05, 0) is 0 Å². The monoisotopic (exact) mass is 134 g/mol. The lowest BCUT2D eigenvalue weighted by Gasteiger charge is -2.12. The summed E-state index contributed by atoms with van der Waals surface area (Å²) in [6.07, 6.45) is 0. The minimum absolute atomic E-state index is 0.148. The van der Waals surface area contributed by atoms with E-state index in [1.54, 1.807) is 0 Å². The van der Waals surface area contributed by atoms with Crippen LogP contribution in [0, 0.1) is 0 Å². The summed E-state index contributed by atoms with van der Waals surface area (Å²) in [5.74, 6) is 0. The van der Waals surface area contributed by atoms with Gasteiger partial charge in [0.25, 0.3) is 0 Å². The summed E-state index contributed by atoms with van der Waals surface area (Å²) < 4.78 is 36.5. The second-order valence-electron chi connectivity index (χ2n) is 1.51. The highest BCUT2D eigenvalue weighted by Crippen LogP contribution is 1.90. The van der Waals surface area contributed by atoms with Gasteiger partial charge >= 0.3 is 6.03 Å². The van der Waals surface area contributed by atoms with Crippen molar-refractivity contribution in [2.45, 2.75) is 0 Å². The first-order chi connectivity index (χ1) is 6.23. The zero-order valence-electron chi connectivity index (χ0n) is 10.0. The van der Waals surface area contributed by atoms with Crippen LogP contribution in [-0.2, 0) is 0 Å². The lowest BCUT2D eigenvalue weighted by molar-refractivity contribution is 0.210. The third-order valence-electron chi connectivity index (χ3n) is 0.938. The Labute approximate surface area is 61.3 Å². The fourth-order valence-corrected chi connectivity index (χ4v) is 0.489. The van der Waals surface area contributed by atoms with Gasteiger partial charge in [-0.1, -0.05) is 0 Å². The molecule has 0 saturated carbocycles. The van der Waals surface area contributed by atoms with E-state index in [4.69, 9.17) is 6.89 Å². The molecule has 1 saturated heterocycles. The number of nitrogens with one attached hydrogen (secondary N) is 2. The molecular weight excluding hydrogens is 118 g/mol. The molecule has 2 amide bonds. The van der Waals surface area contributed by atoms with Gasteiger partial charge in [0.2, 0.25) is 0 Å². The van der Waals surface area contributed by atoms with Gasteiger partial charge in [0.15, 0.2) is 0 Å². The zero-order valence-corrected chi connectivity index (χ0v) is 5.01. The predicted octanol–water partition coefficient (Wildman–Crippen LogP) is -0.812. The van der Waals surface area contributed by atoms with Gasteiger partial charge in [-0.25, -0.2) is 4.79 Å². The van der Waals surface area contributed by atoms with Crippen LogP contribution in [-0.4, -0.2) is 37.6 Å². The molecule has 4 nitrogen and oxygen atoms in total. The number of hydrogen-bond acceptors (Lipinski definition) is 2. The summed E-state index contributed by atoms with van der Waals surface area (Å²) >= 11 is 0. The van der Waals surface area contributed by atoms with Crippen LogP contribution in [0.1, 0.15) is 5.48 Å². The van der Waals surface area contributed by atoms with Crippen LogP contribution in [0.5, 0.6) is 0 Å². The number of amides is 2. The molecular formula is C5H11N3O. The van der Waals surface area contributed by atoms with E-state index in [2.05, 4.69) is 5.32 Å². The molecule has 52 valence electrons. The van der Waals surface area contributed by atoms with Gasteiger partial charge in [-0.2, -0.15) is 0 Å². The van der Waals surface area contributed by atoms with E-state index in [0.717, 1.165) is 0 Å². The fourth-order valence-electron chi connectivity index (χ4n) is 0.489. The summed E-state index contributed by atoms with van der Waals surface area (Å²) in [6, 6.07) is -0.742. The van der Waals surface area contributed by atoms with Gasteiger partial charge < -0.3 is 10.2 Å². The molecule has 0 bridgehead atoms. The van der Waals surface area contributed by atoms with E-state index in [9.17, 15) is 4.79 Å². The van der Waals surface area contributed by atoms with E-state index < -0.39 is 25.7 Å². The number of nitrogens with zero attached hydrogens (tertiary/aromatic N) is 1. The minimum Gasteiger partial charge on any atom is -0.341 e. The molecule has 2 N–H and O–H groups in total. The molecule has 0 aliphatic carbocycles. The first-order valence-corrected chi connectivity index (χ1v) is 2.52. The van der Waals surface area contributed by atoms with Crippen molar-refractivity contribution in [1.29, 1.82) is 0 Å². The minimum atomic E-state index is -2.43. The summed E-state index contributed by atoms with van der Waals surface area (Å²) in [4.78, 5) is 11.8. The number of carbonyl (C=O) groups is 1. The van der Waals surface area contributed by atoms with Crippen LogP contribution >= 0.6 is 0 Å². The van der Waals surface area contributed by atoms with E-state index in [1.807, 2.05) is 0 Å². The maximum Gasteiger partial charge on any atom is 0.318 e. The van der Waals surface area contributed by atoms with Crippen molar-refractivity contribution in [2.24, 2.45) is 0 Å². The van der Waals surface area contributed by atoms with Crippen molar-refractivity contribution in [3.63, 3.8) is 0 Å². The van der Waals surface area contributed by atoms with Gasteiger partial charge in [-0.3, -0.25) is 5.31 Å². The Morgan fingerprint density at radius 2 is 2.89 bits per heavy atom. The lowest BCUT2D eigenvalue weighted by Crippen LogP contribution is -2.36. The van der Waals surface area contributed by atoms with Crippen LogP contribution in [0.3, 0.4) is 0 Å². The van der Waals surface area contributed by atoms with Crippen LogP contribution in [0.25, 0.3) is 0 Å². The molecule has 1 fully saturated rings. The summed E-state index contributed by atoms with van der Waals surface area (Å²) in [7, 11) is 1.32. The van der Waals surface area contributed by atoms with Crippen molar-refractivity contribution < 1.29 is 11.7 Å². The molecule has 1 aliphatic heterocycles. The highest BCUT2D eigenvalue weighted by molar-refractivity contribution is 5.73. The molecule has 0 aromatic carbocycles. The predicted molar refractivity (Wildman–Crippen MR) is 34.0 cm³/mol. The molecule has 1 aliphatic rings. The number of carbonyl (C=O) groups excluding carboxylic acids is 1. The fraction of sp³-hybridized carbons (Fsp3) is 0.800. The molecule has 1 heterocycles. The molecule has 0 aromatic heterocycles. The van der Waals surface area contributed by atoms with Crippen molar-refractivity contribution in [1.82, 2.24) is 15.5 Å². The number of urea groups is 1. The summed E-state index contributed by atoms with van der Waals surface area (Å²) in [5, 5.41) is 2.34. The molecule has 0 atom stereocenters. The van der Waals surface area contributed by atoms with Crippen LogP contribution < -0.4 is 10.6 Å². The van der Waals surface area contributed by atoms with Gasteiger partial charge in [0.05, 0.1) is 9.36 Å². The van der Waals surface area contributed by atoms with Crippen LogP contribution in [0.4, 0.5) is 4.79 Å². The lowest BCUT2D eigenvalue weighted by atomic mass is 10.6. The highest BCUT2D eigenvalue weighted by Gasteiger charge is 2.14. The average molecular weight is 134 g/mol. The van der Waals surface area contributed by atoms with Gasteiger partial charge in [-0.15, -0.1) is 0 Å². The smallest absolute Gasteiger partial charge is 0.318 e. The normalized spacial score (nSPS) is 39.7. The Morgan fingerprint density at radius 3 is 3.33 bits per heavy atom. The highest BCUT2D eigenvalue weighted by atomic mass is 16.2. The molecule has 9 heavy (non-hydrogen) atoms. The Kier molecular flexibility index (Phi) is 0.732. The molecule has 0 aromatic rings. The molecule has 0 spiro atoms. The summed E-state index contributed by atoms with van der Waals surface area (Å²) in [5.41, 5.74) is 0. The maximum atomic E-state index is 11.2. The van der Waals surface area contributed by atoms with E-state index >= 15 is 0 Å². The second kappa shape index (κ2) is 2.68. The van der Waals surface area contributed by atoms with Gasteiger partial charge in [0.1, 0.15) is 1.41 Å². The third-order valence-corrected chi connectivity index (χ3v) is 0.938. The number of rotatable bonds is 0. The van der Waals surface area contributed by atoms with Crippen molar-refractivity contribution in [3.05, 3.63) is 0 Å². The quantitative estimate of drug-likeness (QED) is 0.455. The third kappa shape index (κ3) is 1.32. The molecule has 0 unspecified atom stereocenters. The van der Waals surface area contributed by atoms with Crippen molar-refractivity contribution >= 4 is 6.03 Å². The second-order valence-corrected chi connectivity index (χ2v) is 1.51. The van der Waals surface area contributed by atoms with Crippen molar-refractivity contribution in [3.8, 4) is 0 Å². The Hall–Kier alpha value is -0.770. The average Bonchev–Trinajstić information content (AvgIpc) is 2.25. The maximum absolute atomic E-state index is 11.2. The Morgan fingerprint density at radius 1 is 2.11 bits per heavy atom. The molecule has 0 radical (unpaired) electrons. The molecule has 1 rings (SSSR count). The van der Waals surface area contributed by atoms with E-state index in [-0.39, 0.29) is 5.31 Å². The van der Waals surface area contributed by atoms with Crippen molar-refractivity contribution in [2.75, 3.05) is 26.7 Å². The van der Waals surface area contributed by atoms with E-state index in [1.165, 1.54) is 7.05 Å². The first kappa shape index (κ1) is 2.46. The first-order valence-electron chi connectivity index (χ1n) is 4.97. The van der Waals surface area contributed by atoms with Gasteiger partial charge in [0, 0.05) is 22.8 Å². The van der Waals surface area contributed by atoms with Crippen LogP contribution in [0.2, 0.25) is 1.41 Å². The zero-order chi connectivity index (χ0) is 11.1. The Bertz CT molecular complexity index is 258. The molecule has 4 heteroatoms. The summed E-state index contributed by atoms with van der Waals surface area (Å²) in [6.45, 7) is -5.07. The van der Waals surface area contributed by atoms with E-state index in [0.29, 0.717) is 4.90 Å². The Balaban J connectivity index is 2.97. The SMILES string of the molecule is [2H]N1C([2H])([2H])CN(C(=O)NC)C1([2H])[2H]. The standard InChI is InChI=1S/C5H11N3O/c1-6-5(9)8-3-2-7-4-8/h7H,2-4H2,1H3,(H,6,9)/i2D2,4D2/hD. The van der Waals surface area contributed by atoms with Crippen LogP contribution in [0.15, 0.2) is 0 Å². The number of hydrogen-bond donors (Lipinski definition) is 2.